The van der Waals surface area contributed by atoms with Crippen LogP contribution in [0.25, 0.3) is 0 Å². The van der Waals surface area contributed by atoms with E-state index in [0.29, 0.717) is 6.54 Å². The first-order chi connectivity index (χ1) is 5.83. The molecule has 0 bridgehead atoms. The van der Waals surface area contributed by atoms with Gasteiger partial charge in [0.25, 0.3) is 0 Å². The first-order valence-electron chi connectivity index (χ1n) is 4.03. The minimum absolute atomic E-state index is 0.615. The van der Waals surface area contributed by atoms with Gasteiger partial charge in [-0.1, -0.05) is 29.9 Å². The molecule has 1 aliphatic rings. The third-order valence-corrected chi connectivity index (χ3v) is 1.74. The quantitative estimate of drug-likeness (QED) is 0.628. The summed E-state index contributed by atoms with van der Waals surface area (Å²) in [7, 11) is 0. The number of nitrogens with one attached hydrogen (secondary N) is 1. The molecule has 1 amide bonds. The molecule has 0 atom stereocenters. The normalized spacial score (nSPS) is 16.1. The van der Waals surface area contributed by atoms with E-state index in [1.54, 1.807) is 0 Å². The van der Waals surface area contributed by atoms with E-state index < -0.39 is 0 Å². The Balaban J connectivity index is 2.57. The zero-order valence-electron chi connectivity index (χ0n) is 7.21. The third kappa shape index (κ3) is 2.74. The molecule has 0 aromatic rings. The summed E-state index contributed by atoms with van der Waals surface area (Å²) in [6.07, 6.45) is 10.00. The van der Waals surface area contributed by atoms with E-state index in [2.05, 4.69) is 24.4 Å². The SMILES string of the molecule is CC1=CC=C(CNC=O)C=CC1. The van der Waals surface area contributed by atoms with Crippen molar-refractivity contribution in [2.24, 2.45) is 0 Å². The Kier molecular flexibility index (Phi) is 3.33. The lowest BCUT2D eigenvalue weighted by Crippen LogP contribution is -2.13. The molecule has 2 nitrogen and oxygen atoms in total. The van der Waals surface area contributed by atoms with Crippen LogP contribution >= 0.6 is 0 Å². The molecule has 0 heterocycles. The van der Waals surface area contributed by atoms with Gasteiger partial charge >= 0.3 is 0 Å². The summed E-state index contributed by atoms with van der Waals surface area (Å²) in [6, 6.07) is 0. The molecule has 0 radical (unpaired) electrons. The minimum Gasteiger partial charge on any atom is -0.355 e. The Bertz CT molecular complexity index is 249. The van der Waals surface area contributed by atoms with E-state index in [4.69, 9.17) is 0 Å². The molecule has 0 spiro atoms. The lowest BCUT2D eigenvalue weighted by Gasteiger charge is -1.96. The fraction of sp³-hybridized carbons (Fsp3) is 0.300. The first-order valence-corrected chi connectivity index (χ1v) is 4.03. The van der Waals surface area contributed by atoms with Crippen LogP contribution < -0.4 is 5.32 Å². The van der Waals surface area contributed by atoms with Gasteiger partial charge in [0.1, 0.15) is 0 Å². The molecule has 12 heavy (non-hydrogen) atoms. The second-order valence-corrected chi connectivity index (χ2v) is 2.86. The van der Waals surface area contributed by atoms with Crippen LogP contribution in [0, 0.1) is 0 Å². The largest absolute Gasteiger partial charge is 0.355 e. The van der Waals surface area contributed by atoms with Gasteiger partial charge in [0.2, 0.25) is 6.41 Å². The van der Waals surface area contributed by atoms with Gasteiger partial charge in [-0.15, -0.1) is 0 Å². The van der Waals surface area contributed by atoms with E-state index in [0.717, 1.165) is 18.4 Å². The topological polar surface area (TPSA) is 29.1 Å². The lowest BCUT2D eigenvalue weighted by atomic mass is 10.2. The predicted molar refractivity (Wildman–Crippen MR) is 49.7 cm³/mol. The maximum Gasteiger partial charge on any atom is 0.207 e. The van der Waals surface area contributed by atoms with Crippen LogP contribution in [0.4, 0.5) is 0 Å². The second-order valence-electron chi connectivity index (χ2n) is 2.86. The first kappa shape index (κ1) is 8.78. The minimum atomic E-state index is 0.615. The van der Waals surface area contributed by atoms with Crippen molar-refractivity contribution in [2.45, 2.75) is 13.3 Å². The van der Waals surface area contributed by atoms with Gasteiger partial charge in [-0.2, -0.15) is 0 Å². The molecule has 0 saturated carbocycles. The van der Waals surface area contributed by atoms with Crippen molar-refractivity contribution >= 4 is 6.41 Å². The van der Waals surface area contributed by atoms with E-state index >= 15 is 0 Å². The van der Waals surface area contributed by atoms with Crippen LogP contribution in [-0.2, 0) is 4.79 Å². The number of rotatable bonds is 3. The maximum absolute atomic E-state index is 10.0. The highest BCUT2D eigenvalue weighted by atomic mass is 16.1. The second kappa shape index (κ2) is 4.54. The Morgan fingerprint density at radius 3 is 3.17 bits per heavy atom. The molecular formula is C10H13NO. The summed E-state index contributed by atoms with van der Waals surface area (Å²) >= 11 is 0. The van der Waals surface area contributed by atoms with E-state index in [-0.39, 0.29) is 0 Å². The van der Waals surface area contributed by atoms with Gasteiger partial charge in [0.05, 0.1) is 0 Å². The highest BCUT2D eigenvalue weighted by molar-refractivity contribution is 5.47. The molecular weight excluding hydrogens is 150 g/mol. The highest BCUT2D eigenvalue weighted by Gasteiger charge is 1.94. The number of hydrogen-bond acceptors (Lipinski definition) is 1. The number of hydrogen-bond donors (Lipinski definition) is 1. The summed E-state index contributed by atoms with van der Waals surface area (Å²) in [4.78, 5) is 10.0. The number of allylic oxidation sites excluding steroid dienone is 4. The smallest absolute Gasteiger partial charge is 0.207 e. The number of carbonyl (C=O) groups excluding carboxylic acids is 1. The zero-order chi connectivity index (χ0) is 8.81. The highest BCUT2D eigenvalue weighted by Crippen LogP contribution is 2.09. The van der Waals surface area contributed by atoms with Crippen LogP contribution in [0.1, 0.15) is 13.3 Å². The summed E-state index contributed by atoms with van der Waals surface area (Å²) < 4.78 is 0. The molecule has 0 fully saturated rings. The average Bonchev–Trinajstić information content (AvgIpc) is 2.27. The van der Waals surface area contributed by atoms with Gasteiger partial charge < -0.3 is 5.32 Å². The fourth-order valence-corrected chi connectivity index (χ4v) is 1.05. The van der Waals surface area contributed by atoms with Crippen LogP contribution in [0.5, 0.6) is 0 Å². The summed E-state index contributed by atoms with van der Waals surface area (Å²) in [5.41, 5.74) is 2.48. The van der Waals surface area contributed by atoms with Gasteiger partial charge in [0, 0.05) is 6.54 Å². The average molecular weight is 163 g/mol. The molecule has 0 aliphatic heterocycles. The van der Waals surface area contributed by atoms with E-state index in [1.165, 1.54) is 5.57 Å². The molecule has 0 saturated heterocycles. The van der Waals surface area contributed by atoms with Crippen molar-refractivity contribution in [3.63, 3.8) is 0 Å². The van der Waals surface area contributed by atoms with E-state index in [1.807, 2.05) is 12.2 Å². The van der Waals surface area contributed by atoms with E-state index in [9.17, 15) is 4.79 Å². The monoisotopic (exact) mass is 163 g/mol. The summed E-state index contributed by atoms with van der Waals surface area (Å²) in [5.74, 6) is 0. The standard InChI is InChI=1S/C10H13NO/c1-9-3-2-4-10(6-5-9)7-11-8-12/h2,4-6,8H,3,7H2,1H3,(H,11,12). The number of carbonyl (C=O) groups is 1. The van der Waals surface area contributed by atoms with Crippen LogP contribution in [0.15, 0.2) is 35.5 Å². The van der Waals surface area contributed by atoms with Crippen molar-refractivity contribution in [3.8, 4) is 0 Å². The van der Waals surface area contributed by atoms with Crippen LogP contribution in [0.2, 0.25) is 0 Å². The van der Waals surface area contributed by atoms with Crippen LogP contribution in [-0.4, -0.2) is 13.0 Å². The Morgan fingerprint density at radius 1 is 1.58 bits per heavy atom. The Morgan fingerprint density at radius 2 is 2.42 bits per heavy atom. The van der Waals surface area contributed by atoms with Crippen molar-refractivity contribution in [2.75, 3.05) is 6.54 Å². The van der Waals surface area contributed by atoms with Crippen molar-refractivity contribution in [3.05, 3.63) is 35.5 Å². The van der Waals surface area contributed by atoms with Gasteiger partial charge in [-0.3, -0.25) is 4.79 Å². The summed E-state index contributed by atoms with van der Waals surface area (Å²) in [5, 5.41) is 2.63. The molecule has 1 aliphatic carbocycles. The van der Waals surface area contributed by atoms with Gasteiger partial charge in [-0.05, 0) is 18.9 Å². The number of amides is 1. The molecule has 2 heteroatoms. The van der Waals surface area contributed by atoms with Crippen LogP contribution in [0.3, 0.4) is 0 Å². The molecule has 1 N–H and O–H groups in total. The predicted octanol–water partition coefficient (Wildman–Crippen LogP) is 1.57. The Labute approximate surface area is 72.7 Å². The lowest BCUT2D eigenvalue weighted by molar-refractivity contribution is -0.109. The Hall–Kier alpha value is -1.31. The summed E-state index contributed by atoms with van der Waals surface area (Å²) in [6.45, 7) is 2.71. The maximum atomic E-state index is 10.0. The molecule has 1 rings (SSSR count). The van der Waals surface area contributed by atoms with Crippen molar-refractivity contribution < 1.29 is 4.79 Å². The fourth-order valence-electron chi connectivity index (χ4n) is 1.05. The molecule has 0 unspecified atom stereocenters. The molecule has 64 valence electrons. The van der Waals surface area contributed by atoms with Gasteiger partial charge in [0.15, 0.2) is 0 Å². The third-order valence-electron chi connectivity index (χ3n) is 1.74. The van der Waals surface area contributed by atoms with Crippen molar-refractivity contribution in [1.82, 2.24) is 5.32 Å². The van der Waals surface area contributed by atoms with Crippen molar-refractivity contribution in [1.29, 1.82) is 0 Å². The van der Waals surface area contributed by atoms with Gasteiger partial charge in [-0.25, -0.2) is 0 Å². The zero-order valence-corrected chi connectivity index (χ0v) is 7.21. The molecule has 0 aromatic heterocycles. The molecule has 0 aromatic carbocycles.